The summed E-state index contributed by atoms with van der Waals surface area (Å²) < 4.78 is 1.03. The second-order valence-corrected chi connectivity index (χ2v) is 6.55. The van der Waals surface area contributed by atoms with Crippen LogP contribution in [-0.2, 0) is 0 Å². The highest BCUT2D eigenvalue weighted by Gasteiger charge is 2.36. The van der Waals surface area contributed by atoms with Crippen molar-refractivity contribution < 1.29 is 4.79 Å². The number of benzene rings is 1. The number of hydrogen-bond acceptors (Lipinski definition) is 2. The highest BCUT2D eigenvalue weighted by Crippen LogP contribution is 2.27. The fourth-order valence-corrected chi connectivity index (χ4v) is 3.73. The predicted molar refractivity (Wildman–Crippen MR) is 79.3 cm³/mol. The van der Waals surface area contributed by atoms with E-state index in [0.29, 0.717) is 12.0 Å². The minimum Gasteiger partial charge on any atom is -0.337 e. The van der Waals surface area contributed by atoms with Gasteiger partial charge in [-0.25, -0.2) is 0 Å². The summed E-state index contributed by atoms with van der Waals surface area (Å²) in [6.45, 7) is 4.87. The maximum absolute atomic E-state index is 12.6. The van der Waals surface area contributed by atoms with Gasteiger partial charge in [0.05, 0.1) is 0 Å². The van der Waals surface area contributed by atoms with E-state index in [2.05, 4.69) is 21.2 Å². The highest BCUT2D eigenvalue weighted by atomic mass is 79.9. The Balaban J connectivity index is 1.77. The number of carbonyl (C=O) groups is 1. The molecule has 0 radical (unpaired) electrons. The standard InChI is InChI=1S/C15H19BrN2O/c1-10-7-12(16)4-5-13(10)15(19)18-8-11-3-2-6-17-14(11)9-18/h4-5,7,11,14,17H,2-3,6,8-9H2,1H3/t11-,14+/m0/s1. The molecule has 19 heavy (non-hydrogen) atoms. The van der Waals surface area contributed by atoms with Crippen molar-refractivity contribution in [3.8, 4) is 0 Å². The number of carbonyl (C=O) groups excluding carboxylic acids is 1. The molecule has 0 aromatic heterocycles. The van der Waals surface area contributed by atoms with Gasteiger partial charge in [-0.2, -0.15) is 0 Å². The largest absolute Gasteiger partial charge is 0.337 e. The lowest BCUT2D eigenvalue weighted by Gasteiger charge is -2.24. The van der Waals surface area contributed by atoms with E-state index in [0.717, 1.165) is 35.2 Å². The molecule has 2 fully saturated rings. The van der Waals surface area contributed by atoms with Crippen LogP contribution in [0.5, 0.6) is 0 Å². The molecule has 2 atom stereocenters. The van der Waals surface area contributed by atoms with Gasteiger partial charge >= 0.3 is 0 Å². The maximum atomic E-state index is 12.6. The maximum Gasteiger partial charge on any atom is 0.254 e. The van der Waals surface area contributed by atoms with Crippen molar-refractivity contribution in [1.29, 1.82) is 0 Å². The molecular weight excluding hydrogens is 304 g/mol. The molecule has 0 spiro atoms. The van der Waals surface area contributed by atoms with Crippen LogP contribution >= 0.6 is 15.9 Å². The first-order chi connectivity index (χ1) is 9.15. The molecule has 4 heteroatoms. The van der Waals surface area contributed by atoms with Gasteiger partial charge in [-0.1, -0.05) is 15.9 Å². The third-order valence-corrected chi connectivity index (χ3v) is 4.80. The summed E-state index contributed by atoms with van der Waals surface area (Å²) in [5, 5.41) is 3.54. The summed E-state index contributed by atoms with van der Waals surface area (Å²) in [6.07, 6.45) is 2.49. The predicted octanol–water partition coefficient (Wildman–Crippen LogP) is 2.58. The average molecular weight is 323 g/mol. The van der Waals surface area contributed by atoms with Crippen LogP contribution in [0, 0.1) is 12.8 Å². The molecule has 3 rings (SSSR count). The number of halogens is 1. The van der Waals surface area contributed by atoms with Gasteiger partial charge < -0.3 is 10.2 Å². The highest BCUT2D eigenvalue weighted by molar-refractivity contribution is 9.10. The summed E-state index contributed by atoms with van der Waals surface area (Å²) in [4.78, 5) is 14.6. The van der Waals surface area contributed by atoms with Gasteiger partial charge in [0.1, 0.15) is 0 Å². The fourth-order valence-electron chi connectivity index (χ4n) is 3.25. The molecule has 0 saturated carbocycles. The van der Waals surface area contributed by atoms with Crippen molar-refractivity contribution >= 4 is 21.8 Å². The Morgan fingerprint density at radius 3 is 3.00 bits per heavy atom. The monoisotopic (exact) mass is 322 g/mol. The number of fused-ring (bicyclic) bond motifs is 1. The molecule has 102 valence electrons. The number of nitrogens with one attached hydrogen (secondary N) is 1. The van der Waals surface area contributed by atoms with Crippen LogP contribution in [0.15, 0.2) is 22.7 Å². The first kappa shape index (κ1) is 13.1. The van der Waals surface area contributed by atoms with Crippen LogP contribution < -0.4 is 5.32 Å². The Morgan fingerprint density at radius 1 is 1.42 bits per heavy atom. The Morgan fingerprint density at radius 2 is 2.26 bits per heavy atom. The van der Waals surface area contributed by atoms with Crippen molar-refractivity contribution in [3.63, 3.8) is 0 Å². The molecule has 2 saturated heterocycles. The Kier molecular flexibility index (Phi) is 3.63. The van der Waals surface area contributed by atoms with Crippen molar-refractivity contribution in [3.05, 3.63) is 33.8 Å². The van der Waals surface area contributed by atoms with E-state index in [1.807, 2.05) is 30.0 Å². The van der Waals surface area contributed by atoms with E-state index < -0.39 is 0 Å². The molecule has 2 aliphatic heterocycles. The third-order valence-electron chi connectivity index (χ3n) is 4.31. The number of piperidine rings is 1. The summed E-state index contributed by atoms with van der Waals surface area (Å²) in [7, 11) is 0. The molecule has 1 N–H and O–H groups in total. The summed E-state index contributed by atoms with van der Waals surface area (Å²) >= 11 is 3.44. The lowest BCUT2D eigenvalue weighted by Crippen LogP contribution is -2.41. The van der Waals surface area contributed by atoms with Gasteiger partial charge in [0.15, 0.2) is 0 Å². The Hall–Kier alpha value is -0.870. The summed E-state index contributed by atoms with van der Waals surface area (Å²) in [5.41, 5.74) is 1.88. The number of likely N-dealkylation sites (tertiary alicyclic amines) is 1. The zero-order valence-corrected chi connectivity index (χ0v) is 12.7. The normalized spacial score (nSPS) is 26.3. The van der Waals surface area contributed by atoms with Crippen LogP contribution in [0.3, 0.4) is 0 Å². The first-order valence-electron chi connectivity index (χ1n) is 6.94. The van der Waals surface area contributed by atoms with E-state index in [1.54, 1.807) is 0 Å². The molecule has 3 nitrogen and oxygen atoms in total. The van der Waals surface area contributed by atoms with E-state index >= 15 is 0 Å². The topological polar surface area (TPSA) is 32.3 Å². The zero-order valence-electron chi connectivity index (χ0n) is 11.2. The smallest absolute Gasteiger partial charge is 0.254 e. The van der Waals surface area contributed by atoms with E-state index in [-0.39, 0.29) is 5.91 Å². The zero-order chi connectivity index (χ0) is 13.4. The number of hydrogen-bond donors (Lipinski definition) is 1. The van der Waals surface area contributed by atoms with E-state index in [1.165, 1.54) is 12.8 Å². The van der Waals surface area contributed by atoms with Crippen LogP contribution in [0.4, 0.5) is 0 Å². The Bertz CT molecular complexity index is 489. The van der Waals surface area contributed by atoms with Gasteiger partial charge in [-0.05, 0) is 56.0 Å². The second kappa shape index (κ2) is 5.25. The lowest BCUT2D eigenvalue weighted by atomic mass is 9.94. The van der Waals surface area contributed by atoms with Crippen LogP contribution in [-0.4, -0.2) is 36.5 Å². The minimum absolute atomic E-state index is 0.182. The Labute approximate surface area is 122 Å². The molecule has 2 heterocycles. The number of aryl methyl sites for hydroxylation is 1. The van der Waals surface area contributed by atoms with Gasteiger partial charge in [0.2, 0.25) is 0 Å². The fraction of sp³-hybridized carbons (Fsp3) is 0.533. The SMILES string of the molecule is Cc1cc(Br)ccc1C(=O)N1C[C@@H]2CCCN[C@@H]2C1. The summed E-state index contributed by atoms with van der Waals surface area (Å²) in [6, 6.07) is 6.39. The van der Waals surface area contributed by atoms with Gasteiger partial charge in [0, 0.05) is 29.2 Å². The average Bonchev–Trinajstić information content (AvgIpc) is 2.81. The number of nitrogens with zero attached hydrogens (tertiary/aromatic N) is 1. The molecular formula is C15H19BrN2O. The number of amides is 1. The van der Waals surface area contributed by atoms with E-state index in [4.69, 9.17) is 0 Å². The first-order valence-corrected chi connectivity index (χ1v) is 7.73. The molecule has 1 aromatic carbocycles. The van der Waals surface area contributed by atoms with Crippen molar-refractivity contribution in [1.82, 2.24) is 10.2 Å². The molecule has 2 aliphatic rings. The van der Waals surface area contributed by atoms with Crippen molar-refractivity contribution in [2.45, 2.75) is 25.8 Å². The van der Waals surface area contributed by atoms with Crippen molar-refractivity contribution in [2.75, 3.05) is 19.6 Å². The molecule has 0 aliphatic carbocycles. The molecule has 1 aromatic rings. The van der Waals surface area contributed by atoms with Crippen molar-refractivity contribution in [2.24, 2.45) is 5.92 Å². The van der Waals surface area contributed by atoms with Crippen LogP contribution in [0.25, 0.3) is 0 Å². The van der Waals surface area contributed by atoms with Gasteiger partial charge in [-0.15, -0.1) is 0 Å². The third kappa shape index (κ3) is 2.56. The molecule has 0 bridgehead atoms. The van der Waals surface area contributed by atoms with Crippen LogP contribution in [0.2, 0.25) is 0 Å². The van der Waals surface area contributed by atoms with Gasteiger partial charge in [-0.3, -0.25) is 4.79 Å². The number of rotatable bonds is 1. The van der Waals surface area contributed by atoms with E-state index in [9.17, 15) is 4.79 Å². The quantitative estimate of drug-likeness (QED) is 0.862. The minimum atomic E-state index is 0.182. The molecule has 0 unspecified atom stereocenters. The lowest BCUT2D eigenvalue weighted by molar-refractivity contribution is 0.0785. The second-order valence-electron chi connectivity index (χ2n) is 5.63. The summed E-state index contributed by atoms with van der Waals surface area (Å²) in [5.74, 6) is 0.828. The molecule has 1 amide bonds. The van der Waals surface area contributed by atoms with Crippen LogP contribution in [0.1, 0.15) is 28.8 Å². The van der Waals surface area contributed by atoms with Gasteiger partial charge in [0.25, 0.3) is 5.91 Å².